The van der Waals surface area contributed by atoms with Gasteiger partial charge >= 0.3 is 0 Å². The number of benzene rings is 4. The first kappa shape index (κ1) is 24.6. The number of nitrogens with one attached hydrogen (secondary N) is 2. The molecule has 0 radical (unpaired) electrons. The lowest BCUT2D eigenvalue weighted by Crippen LogP contribution is -2.30. The van der Waals surface area contributed by atoms with Crippen molar-refractivity contribution in [3.05, 3.63) is 111 Å². The largest absolute Gasteiger partial charge is 0.486 e. The van der Waals surface area contributed by atoms with Crippen molar-refractivity contribution in [3.8, 4) is 5.75 Å². The second kappa shape index (κ2) is 10.9. The number of halogens is 2. The fraction of sp³-hybridized carbons (Fsp3) is 0.138. The molecule has 0 aromatic heterocycles. The third-order valence-electron chi connectivity index (χ3n) is 5.96. The van der Waals surface area contributed by atoms with Gasteiger partial charge in [-0.2, -0.15) is 0 Å². The van der Waals surface area contributed by atoms with Gasteiger partial charge in [0.2, 0.25) is 0 Å². The summed E-state index contributed by atoms with van der Waals surface area (Å²) >= 11 is 14.5. The van der Waals surface area contributed by atoms with Crippen LogP contribution in [-0.4, -0.2) is 11.4 Å². The van der Waals surface area contributed by atoms with Crippen LogP contribution in [0.15, 0.2) is 83.8 Å². The second-order valence-corrected chi connectivity index (χ2v) is 10.4. The summed E-state index contributed by atoms with van der Waals surface area (Å²) in [5.74, 6) is 0.276. The van der Waals surface area contributed by atoms with Gasteiger partial charge in [0.25, 0.3) is 5.91 Å². The Morgan fingerprint density at radius 3 is 2.47 bits per heavy atom. The minimum atomic E-state index is -0.259. The Labute approximate surface area is 224 Å². The average Bonchev–Trinajstić information content (AvgIpc) is 3.22. The molecule has 1 aliphatic rings. The van der Waals surface area contributed by atoms with Crippen LogP contribution < -0.4 is 15.4 Å². The van der Waals surface area contributed by atoms with Crippen molar-refractivity contribution in [3.63, 3.8) is 0 Å². The number of ether oxygens (including phenoxy) is 1. The van der Waals surface area contributed by atoms with Crippen molar-refractivity contribution in [1.29, 1.82) is 0 Å². The topological polar surface area (TPSA) is 50.4 Å². The molecule has 1 saturated heterocycles. The van der Waals surface area contributed by atoms with Gasteiger partial charge in [0.05, 0.1) is 15.0 Å². The molecule has 1 amide bonds. The first-order valence-corrected chi connectivity index (χ1v) is 13.3. The zero-order chi connectivity index (χ0) is 25.1. The molecule has 1 heterocycles. The summed E-state index contributed by atoms with van der Waals surface area (Å²) in [6.07, 6.45) is 2.77. The molecule has 0 unspecified atom stereocenters. The van der Waals surface area contributed by atoms with Gasteiger partial charge in [0, 0.05) is 5.69 Å². The summed E-state index contributed by atoms with van der Waals surface area (Å²) in [4.78, 5) is 13.1. The number of hydrogen-bond acceptors (Lipinski definition) is 4. The van der Waals surface area contributed by atoms with E-state index in [0.717, 1.165) is 34.0 Å². The Morgan fingerprint density at radius 1 is 1.00 bits per heavy atom. The fourth-order valence-corrected chi connectivity index (χ4v) is 5.67. The van der Waals surface area contributed by atoms with E-state index >= 15 is 0 Å². The van der Waals surface area contributed by atoms with Gasteiger partial charge in [-0.05, 0) is 64.2 Å². The van der Waals surface area contributed by atoms with Gasteiger partial charge in [-0.3, -0.25) is 4.79 Å². The molecule has 1 aliphatic heterocycles. The lowest BCUT2D eigenvalue weighted by atomic mass is 10.1. The maximum Gasteiger partial charge on any atom is 0.260 e. The molecule has 4 aromatic rings. The number of anilines is 1. The number of rotatable bonds is 7. The molecule has 4 nitrogen and oxygen atoms in total. The molecule has 4 aromatic carbocycles. The molecule has 1 atom stereocenters. The highest BCUT2D eigenvalue weighted by atomic mass is 35.5. The van der Waals surface area contributed by atoms with E-state index in [4.69, 9.17) is 27.9 Å². The van der Waals surface area contributed by atoms with Gasteiger partial charge in [-0.25, -0.2) is 0 Å². The SMILES string of the molecule is CCc1ccc(N[C@H]2NC(=O)/C(=C/c3cc(Cl)c(OCc4cccc5ccccc45)c(Cl)c3)S2)cc1. The van der Waals surface area contributed by atoms with E-state index in [0.29, 0.717) is 27.3 Å². The van der Waals surface area contributed by atoms with Crippen LogP contribution in [0.5, 0.6) is 5.75 Å². The summed E-state index contributed by atoms with van der Waals surface area (Å²) in [5.41, 5.74) is 3.74. The number of aryl methyl sites for hydroxylation is 1. The molecular formula is C29H24Cl2N2O2S. The smallest absolute Gasteiger partial charge is 0.260 e. The van der Waals surface area contributed by atoms with Crippen molar-refractivity contribution < 1.29 is 9.53 Å². The molecule has 0 saturated carbocycles. The van der Waals surface area contributed by atoms with Crippen molar-refractivity contribution in [2.24, 2.45) is 0 Å². The number of carbonyl (C=O) groups excluding carboxylic acids is 1. The number of hydrogen-bond donors (Lipinski definition) is 2. The summed E-state index contributed by atoms with van der Waals surface area (Å²) < 4.78 is 6.03. The standard InChI is InChI=1S/C29H24Cl2N2O2S/c1-2-18-10-12-22(13-11-18)32-29-33-28(34)26(36-29)16-19-14-24(30)27(25(31)15-19)35-17-21-8-5-7-20-6-3-4-9-23(20)21/h3-16,29,32H,2,17H2,1H3,(H,33,34)/b26-16-/t29-/m0/s1. The number of thioether (sulfide) groups is 1. The van der Waals surface area contributed by atoms with Gasteiger partial charge in [0.15, 0.2) is 11.2 Å². The van der Waals surface area contributed by atoms with E-state index in [-0.39, 0.29) is 11.4 Å². The monoisotopic (exact) mass is 534 g/mol. The highest BCUT2D eigenvalue weighted by Crippen LogP contribution is 2.37. The van der Waals surface area contributed by atoms with E-state index in [1.165, 1.54) is 17.3 Å². The summed E-state index contributed by atoms with van der Waals surface area (Å²) in [7, 11) is 0. The highest BCUT2D eigenvalue weighted by molar-refractivity contribution is 8.05. The highest BCUT2D eigenvalue weighted by Gasteiger charge is 2.27. The third kappa shape index (κ3) is 5.49. The summed E-state index contributed by atoms with van der Waals surface area (Å²) in [5, 5.41) is 9.34. The van der Waals surface area contributed by atoms with Crippen LogP contribution in [0.25, 0.3) is 16.8 Å². The van der Waals surface area contributed by atoms with Crippen LogP contribution in [0.1, 0.15) is 23.6 Å². The quantitative estimate of drug-likeness (QED) is 0.236. The number of amides is 1. The zero-order valence-corrected chi connectivity index (χ0v) is 21.9. The minimum Gasteiger partial charge on any atom is -0.486 e. The van der Waals surface area contributed by atoms with E-state index in [2.05, 4.69) is 47.9 Å². The van der Waals surface area contributed by atoms with Gasteiger partial charge in [0.1, 0.15) is 6.61 Å². The molecule has 0 bridgehead atoms. The molecule has 36 heavy (non-hydrogen) atoms. The average molecular weight is 535 g/mol. The van der Waals surface area contributed by atoms with E-state index in [1.54, 1.807) is 18.2 Å². The van der Waals surface area contributed by atoms with Crippen LogP contribution in [0.3, 0.4) is 0 Å². The van der Waals surface area contributed by atoms with Crippen LogP contribution in [-0.2, 0) is 17.8 Å². The molecule has 2 N–H and O–H groups in total. The van der Waals surface area contributed by atoms with E-state index < -0.39 is 0 Å². The Balaban J connectivity index is 1.28. The van der Waals surface area contributed by atoms with Crippen LogP contribution in [0.2, 0.25) is 10.0 Å². The van der Waals surface area contributed by atoms with Gasteiger partial charge in [-0.15, -0.1) is 0 Å². The number of carbonyl (C=O) groups is 1. The predicted molar refractivity (Wildman–Crippen MR) is 152 cm³/mol. The van der Waals surface area contributed by atoms with Gasteiger partial charge < -0.3 is 15.4 Å². The predicted octanol–water partition coefficient (Wildman–Crippen LogP) is 7.89. The van der Waals surface area contributed by atoms with E-state index in [1.807, 2.05) is 36.4 Å². The van der Waals surface area contributed by atoms with Gasteiger partial charge in [-0.1, -0.05) is 96.5 Å². The first-order valence-electron chi connectivity index (χ1n) is 11.6. The normalized spacial score (nSPS) is 16.4. The van der Waals surface area contributed by atoms with Crippen LogP contribution in [0.4, 0.5) is 5.69 Å². The van der Waals surface area contributed by atoms with Crippen LogP contribution >= 0.6 is 35.0 Å². The van der Waals surface area contributed by atoms with Crippen molar-refractivity contribution in [2.45, 2.75) is 25.4 Å². The fourth-order valence-electron chi connectivity index (χ4n) is 4.07. The minimum absolute atomic E-state index is 0.147. The molecule has 7 heteroatoms. The Kier molecular flexibility index (Phi) is 7.42. The molecule has 1 fully saturated rings. The second-order valence-electron chi connectivity index (χ2n) is 8.42. The van der Waals surface area contributed by atoms with Crippen LogP contribution in [0, 0.1) is 0 Å². The first-order chi connectivity index (χ1) is 17.5. The Hall–Kier alpha value is -3.12. The summed E-state index contributed by atoms with van der Waals surface area (Å²) in [6, 6.07) is 26.0. The molecular weight excluding hydrogens is 511 g/mol. The molecule has 5 rings (SSSR count). The number of fused-ring (bicyclic) bond motifs is 1. The van der Waals surface area contributed by atoms with E-state index in [9.17, 15) is 4.79 Å². The Morgan fingerprint density at radius 2 is 1.72 bits per heavy atom. The maximum absolute atomic E-state index is 12.6. The zero-order valence-electron chi connectivity index (χ0n) is 19.6. The van der Waals surface area contributed by atoms with Crippen molar-refractivity contribution in [2.75, 3.05) is 5.32 Å². The molecule has 0 aliphatic carbocycles. The van der Waals surface area contributed by atoms with Crippen molar-refractivity contribution in [1.82, 2.24) is 5.32 Å². The Bertz CT molecular complexity index is 1430. The lowest BCUT2D eigenvalue weighted by molar-refractivity contribution is -0.116. The maximum atomic E-state index is 12.6. The lowest BCUT2D eigenvalue weighted by Gasteiger charge is -2.13. The van der Waals surface area contributed by atoms with Crippen molar-refractivity contribution >= 4 is 63.4 Å². The third-order valence-corrected chi connectivity index (χ3v) is 7.55. The summed E-state index contributed by atoms with van der Waals surface area (Å²) in [6.45, 7) is 2.46. The molecule has 182 valence electrons. The molecule has 0 spiro atoms.